The monoisotopic (exact) mass is 440 g/mol. The smallest absolute Gasteiger partial charge is 0.474 e. The van der Waals surface area contributed by atoms with Gasteiger partial charge in [-0.3, -0.25) is 0 Å². The molecule has 0 aliphatic heterocycles. The van der Waals surface area contributed by atoms with Crippen LogP contribution < -0.4 is 4.74 Å². The minimum Gasteiger partial charge on any atom is -0.474 e. The SMILES string of the molecule is CC1(OC(=O)c2cc(I)ccc2OC(F)(F)C(=O)O)CCCC1. The Labute approximate surface area is 145 Å². The normalized spacial score (nSPS) is 16.9. The number of alkyl halides is 2. The fraction of sp³-hybridized carbons (Fsp3) is 0.467. The Bertz CT molecular complexity index is 626. The van der Waals surface area contributed by atoms with Gasteiger partial charge in [0.15, 0.2) is 0 Å². The average molecular weight is 440 g/mol. The number of carboxylic acid groups (broad SMARTS) is 1. The molecule has 0 aromatic heterocycles. The first kappa shape index (κ1) is 17.9. The van der Waals surface area contributed by atoms with E-state index < -0.39 is 29.4 Å². The summed E-state index contributed by atoms with van der Waals surface area (Å²) in [6.45, 7) is 1.79. The van der Waals surface area contributed by atoms with Crippen LogP contribution in [0.15, 0.2) is 18.2 Å². The summed E-state index contributed by atoms with van der Waals surface area (Å²) in [5, 5.41) is 8.46. The van der Waals surface area contributed by atoms with Crippen LogP contribution in [0, 0.1) is 3.57 Å². The lowest BCUT2D eigenvalue weighted by atomic mass is 10.1. The summed E-state index contributed by atoms with van der Waals surface area (Å²) in [5.74, 6) is -3.76. The van der Waals surface area contributed by atoms with Crippen molar-refractivity contribution >= 4 is 34.5 Å². The molecule has 2 rings (SSSR count). The van der Waals surface area contributed by atoms with Gasteiger partial charge < -0.3 is 14.6 Å². The number of hydrogen-bond donors (Lipinski definition) is 1. The number of hydrogen-bond acceptors (Lipinski definition) is 4. The molecule has 0 radical (unpaired) electrons. The van der Waals surface area contributed by atoms with Crippen LogP contribution >= 0.6 is 22.6 Å². The Hall–Kier alpha value is -1.45. The topological polar surface area (TPSA) is 72.8 Å². The van der Waals surface area contributed by atoms with E-state index in [9.17, 15) is 18.4 Å². The molecule has 0 spiro atoms. The second-order valence-electron chi connectivity index (χ2n) is 5.61. The molecule has 0 saturated heterocycles. The van der Waals surface area contributed by atoms with E-state index in [0.29, 0.717) is 16.4 Å². The number of carbonyl (C=O) groups is 2. The fourth-order valence-corrected chi connectivity index (χ4v) is 2.93. The highest BCUT2D eigenvalue weighted by Gasteiger charge is 2.43. The van der Waals surface area contributed by atoms with Crippen LogP contribution in [0.4, 0.5) is 8.78 Å². The number of ether oxygens (including phenoxy) is 2. The molecule has 1 fully saturated rings. The predicted octanol–water partition coefficient (Wildman–Crippen LogP) is 3.84. The van der Waals surface area contributed by atoms with E-state index in [1.54, 1.807) is 6.92 Å². The van der Waals surface area contributed by atoms with E-state index in [1.807, 2.05) is 22.6 Å². The highest BCUT2D eigenvalue weighted by atomic mass is 127. The van der Waals surface area contributed by atoms with Crippen molar-refractivity contribution in [3.63, 3.8) is 0 Å². The number of benzene rings is 1. The third-order valence-corrected chi connectivity index (χ3v) is 4.32. The first-order valence-corrected chi connectivity index (χ1v) is 8.04. The van der Waals surface area contributed by atoms with E-state index in [2.05, 4.69) is 4.74 Å². The summed E-state index contributed by atoms with van der Waals surface area (Å²) in [6.07, 6.45) is -1.18. The van der Waals surface area contributed by atoms with Crippen LogP contribution in [0.1, 0.15) is 43.0 Å². The summed E-state index contributed by atoms with van der Waals surface area (Å²) in [6, 6.07) is 3.89. The molecule has 1 aliphatic carbocycles. The molecule has 8 heteroatoms. The van der Waals surface area contributed by atoms with Crippen molar-refractivity contribution in [2.24, 2.45) is 0 Å². The maximum absolute atomic E-state index is 13.3. The summed E-state index contributed by atoms with van der Waals surface area (Å²) in [7, 11) is 0. The zero-order chi connectivity index (χ0) is 17.3. The second-order valence-corrected chi connectivity index (χ2v) is 6.86. The molecule has 126 valence electrons. The van der Waals surface area contributed by atoms with Crippen molar-refractivity contribution in [3.8, 4) is 5.75 Å². The van der Waals surface area contributed by atoms with E-state index in [0.717, 1.165) is 18.9 Å². The maximum Gasteiger partial charge on any atom is 0.501 e. The van der Waals surface area contributed by atoms with Gasteiger partial charge in [-0.1, -0.05) is 0 Å². The molecule has 1 aromatic rings. The number of esters is 1. The molecule has 0 atom stereocenters. The molecule has 0 heterocycles. The van der Waals surface area contributed by atoms with Crippen molar-refractivity contribution in [3.05, 3.63) is 27.3 Å². The lowest BCUT2D eigenvalue weighted by molar-refractivity contribution is -0.211. The predicted molar refractivity (Wildman–Crippen MR) is 84.7 cm³/mol. The lowest BCUT2D eigenvalue weighted by Crippen LogP contribution is -2.35. The van der Waals surface area contributed by atoms with E-state index in [4.69, 9.17) is 9.84 Å². The Morgan fingerprint density at radius 3 is 2.48 bits per heavy atom. The van der Waals surface area contributed by atoms with Gasteiger partial charge in [-0.05, 0) is 73.4 Å². The van der Waals surface area contributed by atoms with Gasteiger partial charge in [0.2, 0.25) is 0 Å². The fourth-order valence-electron chi connectivity index (χ4n) is 2.44. The van der Waals surface area contributed by atoms with Crippen LogP contribution in [0.3, 0.4) is 0 Å². The molecule has 1 N–H and O–H groups in total. The van der Waals surface area contributed by atoms with Crippen LogP contribution in [-0.2, 0) is 9.53 Å². The lowest BCUT2D eigenvalue weighted by Gasteiger charge is -2.25. The van der Waals surface area contributed by atoms with Crippen LogP contribution in [0.2, 0.25) is 0 Å². The van der Waals surface area contributed by atoms with Gasteiger partial charge in [-0.15, -0.1) is 0 Å². The Morgan fingerprint density at radius 1 is 1.30 bits per heavy atom. The average Bonchev–Trinajstić information content (AvgIpc) is 2.86. The summed E-state index contributed by atoms with van der Waals surface area (Å²) in [4.78, 5) is 22.8. The van der Waals surface area contributed by atoms with Crippen molar-refractivity contribution < 1.29 is 33.0 Å². The summed E-state index contributed by atoms with van der Waals surface area (Å²) in [5.41, 5.74) is -0.851. The van der Waals surface area contributed by atoms with Gasteiger partial charge in [-0.2, -0.15) is 8.78 Å². The molecule has 0 unspecified atom stereocenters. The number of aliphatic carboxylic acids is 1. The standard InChI is InChI=1S/C15H15F2IO5/c1-14(6-2-3-7-14)23-12(19)10-8-9(18)4-5-11(10)22-15(16,17)13(20)21/h4-5,8H,2-3,6-7H2,1H3,(H,20,21). The maximum atomic E-state index is 13.3. The number of halogens is 3. The second kappa shape index (κ2) is 6.58. The van der Waals surface area contributed by atoms with Crippen LogP contribution in [0.25, 0.3) is 0 Å². The van der Waals surface area contributed by atoms with Gasteiger partial charge in [0.25, 0.3) is 0 Å². The van der Waals surface area contributed by atoms with E-state index in [1.165, 1.54) is 12.1 Å². The quantitative estimate of drug-likeness (QED) is 0.557. The van der Waals surface area contributed by atoms with Gasteiger partial charge in [0.05, 0.1) is 0 Å². The van der Waals surface area contributed by atoms with Crippen LogP contribution in [-0.4, -0.2) is 28.8 Å². The molecule has 1 aliphatic rings. The molecule has 1 aromatic carbocycles. The third-order valence-electron chi connectivity index (χ3n) is 3.65. The molecule has 1 saturated carbocycles. The van der Waals surface area contributed by atoms with E-state index >= 15 is 0 Å². The molecule has 5 nitrogen and oxygen atoms in total. The highest BCUT2D eigenvalue weighted by molar-refractivity contribution is 14.1. The first-order chi connectivity index (χ1) is 10.6. The van der Waals surface area contributed by atoms with Crippen molar-refractivity contribution in [2.75, 3.05) is 0 Å². The molecular weight excluding hydrogens is 425 g/mol. The Balaban J connectivity index is 2.28. The molecular formula is C15H15F2IO5. The van der Waals surface area contributed by atoms with Crippen molar-refractivity contribution in [1.29, 1.82) is 0 Å². The minimum absolute atomic E-state index is 0.217. The highest BCUT2D eigenvalue weighted by Crippen LogP contribution is 2.35. The Kier molecular flexibility index (Phi) is 5.12. The third kappa shape index (κ3) is 4.30. The first-order valence-electron chi connectivity index (χ1n) is 6.96. The summed E-state index contributed by atoms with van der Waals surface area (Å²) < 4.78 is 36.8. The number of carbonyl (C=O) groups excluding carboxylic acids is 1. The van der Waals surface area contributed by atoms with Gasteiger partial charge in [0, 0.05) is 3.57 Å². The van der Waals surface area contributed by atoms with E-state index in [-0.39, 0.29) is 5.56 Å². The molecule has 0 amide bonds. The van der Waals surface area contributed by atoms with Crippen molar-refractivity contribution in [1.82, 2.24) is 0 Å². The zero-order valence-corrected chi connectivity index (χ0v) is 14.4. The minimum atomic E-state index is -4.43. The number of rotatable bonds is 5. The Morgan fingerprint density at radius 2 is 1.91 bits per heavy atom. The summed E-state index contributed by atoms with van der Waals surface area (Å²) >= 11 is 1.91. The van der Waals surface area contributed by atoms with Gasteiger partial charge in [0.1, 0.15) is 16.9 Å². The molecule has 23 heavy (non-hydrogen) atoms. The van der Waals surface area contributed by atoms with Gasteiger partial charge in [-0.25, -0.2) is 9.59 Å². The van der Waals surface area contributed by atoms with Crippen LogP contribution in [0.5, 0.6) is 5.75 Å². The number of carboxylic acids is 1. The van der Waals surface area contributed by atoms with Gasteiger partial charge >= 0.3 is 18.0 Å². The largest absolute Gasteiger partial charge is 0.501 e. The molecule has 0 bridgehead atoms. The zero-order valence-electron chi connectivity index (χ0n) is 12.3. The van der Waals surface area contributed by atoms with Crippen molar-refractivity contribution in [2.45, 2.75) is 44.3 Å².